The van der Waals surface area contributed by atoms with Crippen LogP contribution < -0.4 is 4.73 Å². The molecule has 90 valence electrons. The quantitative estimate of drug-likeness (QED) is 0.485. The third-order valence-corrected chi connectivity index (χ3v) is 2.59. The van der Waals surface area contributed by atoms with Gasteiger partial charge in [-0.25, -0.2) is 4.39 Å². The zero-order valence-corrected chi connectivity index (χ0v) is 9.42. The summed E-state index contributed by atoms with van der Waals surface area (Å²) in [6, 6.07) is 4.51. The smallest absolute Gasteiger partial charge is 0.247 e. The number of aromatic nitrogens is 3. The molecule has 0 fully saturated rings. The van der Waals surface area contributed by atoms with Crippen molar-refractivity contribution in [3.05, 3.63) is 47.5 Å². The molecule has 0 aliphatic carbocycles. The van der Waals surface area contributed by atoms with Crippen molar-refractivity contribution in [1.29, 1.82) is 0 Å². The van der Waals surface area contributed by atoms with Crippen molar-refractivity contribution in [1.82, 2.24) is 10.2 Å². The molecule has 2 heterocycles. The molecular weight excluding hydrogens is 237 g/mol. The van der Waals surface area contributed by atoms with Gasteiger partial charge >= 0.3 is 0 Å². The maximum absolute atomic E-state index is 13.9. The Labute approximate surface area is 101 Å². The van der Waals surface area contributed by atoms with Crippen molar-refractivity contribution in [2.24, 2.45) is 0 Å². The average molecular weight is 245 g/mol. The lowest BCUT2D eigenvalue weighted by molar-refractivity contribution is -0.603. The van der Waals surface area contributed by atoms with E-state index in [2.05, 4.69) is 10.2 Å². The highest BCUT2D eigenvalue weighted by Crippen LogP contribution is 2.25. The Morgan fingerprint density at radius 1 is 1.33 bits per heavy atom. The summed E-state index contributed by atoms with van der Waals surface area (Å²) in [4.78, 5) is 0. The second-order valence-electron chi connectivity index (χ2n) is 3.89. The lowest BCUT2D eigenvalue weighted by atomic mass is 10.1. The highest BCUT2D eigenvalue weighted by molar-refractivity contribution is 5.85. The van der Waals surface area contributed by atoms with Gasteiger partial charge in [-0.05, 0) is 17.5 Å². The number of hydrogen-bond acceptors (Lipinski definition) is 4. The fourth-order valence-corrected chi connectivity index (χ4v) is 1.77. The zero-order valence-electron chi connectivity index (χ0n) is 9.42. The van der Waals surface area contributed by atoms with Crippen LogP contribution in [0.25, 0.3) is 22.2 Å². The van der Waals surface area contributed by atoms with Crippen molar-refractivity contribution in [2.75, 3.05) is 0 Å². The minimum absolute atomic E-state index is 0.257. The maximum atomic E-state index is 13.9. The minimum Gasteiger partial charge on any atom is -0.619 e. The number of hydrogen-bond donors (Lipinski definition) is 0. The number of fused-ring (bicyclic) bond motifs is 1. The molecule has 3 rings (SSSR count). The first kappa shape index (κ1) is 10.6. The molecule has 2 aromatic heterocycles. The van der Waals surface area contributed by atoms with Gasteiger partial charge in [0.1, 0.15) is 5.82 Å². The summed E-state index contributed by atoms with van der Waals surface area (Å²) >= 11 is 0. The Morgan fingerprint density at radius 2 is 2.17 bits per heavy atom. The molecule has 0 spiro atoms. The van der Waals surface area contributed by atoms with Gasteiger partial charge in [0.15, 0.2) is 12.4 Å². The molecule has 0 aliphatic heterocycles. The predicted molar refractivity (Wildman–Crippen MR) is 60.9 cm³/mol. The third-order valence-electron chi connectivity index (χ3n) is 2.59. The summed E-state index contributed by atoms with van der Waals surface area (Å²) in [5, 5.41) is 19.5. The fraction of sp³-hybridized carbons (Fsp3) is 0.0833. The van der Waals surface area contributed by atoms with Gasteiger partial charge in [-0.3, -0.25) is 0 Å². The van der Waals surface area contributed by atoms with Crippen LogP contribution in [0.1, 0.15) is 5.89 Å². The Balaban J connectivity index is 2.24. The van der Waals surface area contributed by atoms with E-state index in [0.717, 1.165) is 0 Å². The van der Waals surface area contributed by atoms with Gasteiger partial charge in [-0.15, -0.1) is 10.2 Å². The van der Waals surface area contributed by atoms with Crippen molar-refractivity contribution in [3.63, 3.8) is 0 Å². The van der Waals surface area contributed by atoms with Crippen LogP contribution in [0.2, 0.25) is 0 Å². The molecule has 3 aromatic rings. The Kier molecular flexibility index (Phi) is 2.22. The third kappa shape index (κ3) is 1.67. The molecule has 0 saturated carbocycles. The summed E-state index contributed by atoms with van der Waals surface area (Å²) in [6.07, 6.45) is 2.50. The van der Waals surface area contributed by atoms with Crippen LogP contribution in [0.15, 0.2) is 35.0 Å². The fourth-order valence-electron chi connectivity index (χ4n) is 1.77. The predicted octanol–water partition coefficient (Wildman–Crippen LogP) is 1.97. The number of rotatable bonds is 1. The van der Waals surface area contributed by atoms with Gasteiger partial charge in [0.05, 0.1) is 5.39 Å². The topological polar surface area (TPSA) is 65.9 Å². The molecule has 0 radical (unpaired) electrons. The molecule has 0 bridgehead atoms. The number of benzene rings is 1. The molecule has 0 atom stereocenters. The molecule has 18 heavy (non-hydrogen) atoms. The zero-order chi connectivity index (χ0) is 12.7. The van der Waals surface area contributed by atoms with E-state index in [0.29, 0.717) is 21.6 Å². The number of pyridine rings is 1. The first-order valence-electron chi connectivity index (χ1n) is 5.26. The summed E-state index contributed by atoms with van der Waals surface area (Å²) in [5.74, 6) is 0.173. The molecule has 0 amide bonds. The average Bonchev–Trinajstić information content (AvgIpc) is 2.77. The van der Waals surface area contributed by atoms with Crippen LogP contribution in [0.5, 0.6) is 0 Å². The first-order valence-corrected chi connectivity index (χ1v) is 5.26. The van der Waals surface area contributed by atoms with Crippen molar-refractivity contribution in [2.45, 2.75) is 6.92 Å². The van der Waals surface area contributed by atoms with Crippen LogP contribution in [0, 0.1) is 17.9 Å². The van der Waals surface area contributed by atoms with Gasteiger partial charge in [-0.1, -0.05) is 0 Å². The molecule has 0 N–H and O–H groups in total. The number of halogens is 1. The first-order chi connectivity index (χ1) is 8.63. The molecular formula is C12H8FN3O2. The van der Waals surface area contributed by atoms with E-state index < -0.39 is 5.82 Å². The van der Waals surface area contributed by atoms with E-state index in [1.807, 2.05) is 0 Å². The van der Waals surface area contributed by atoms with Crippen molar-refractivity contribution in [3.8, 4) is 11.5 Å². The molecule has 5 nitrogen and oxygen atoms in total. The minimum atomic E-state index is -0.497. The van der Waals surface area contributed by atoms with E-state index in [1.54, 1.807) is 13.0 Å². The standard InChI is InChI=1S/C12H8FN3O2/c1-7-14-15-12(18-7)9-4-8-2-3-16(17)6-10(8)11(13)5-9/h2-6H,1H3. The van der Waals surface area contributed by atoms with Crippen LogP contribution in [-0.2, 0) is 0 Å². The van der Waals surface area contributed by atoms with Crippen LogP contribution in [0.3, 0.4) is 0 Å². The Morgan fingerprint density at radius 3 is 2.89 bits per heavy atom. The van der Waals surface area contributed by atoms with Gasteiger partial charge < -0.3 is 9.62 Å². The van der Waals surface area contributed by atoms with Crippen LogP contribution in [-0.4, -0.2) is 10.2 Å². The normalized spacial score (nSPS) is 11.0. The number of nitrogens with zero attached hydrogens (tertiary/aromatic N) is 3. The van der Waals surface area contributed by atoms with E-state index >= 15 is 0 Å². The van der Waals surface area contributed by atoms with E-state index in [1.165, 1.54) is 24.5 Å². The van der Waals surface area contributed by atoms with Gasteiger partial charge in [0, 0.05) is 18.6 Å². The van der Waals surface area contributed by atoms with Crippen LogP contribution in [0.4, 0.5) is 4.39 Å². The molecule has 0 unspecified atom stereocenters. The van der Waals surface area contributed by atoms with Crippen molar-refractivity contribution >= 4 is 10.8 Å². The number of aryl methyl sites for hydroxylation is 1. The summed E-state index contributed by atoms with van der Waals surface area (Å²) in [5.41, 5.74) is 0.490. The summed E-state index contributed by atoms with van der Waals surface area (Å²) in [6.45, 7) is 1.66. The monoisotopic (exact) mass is 245 g/mol. The largest absolute Gasteiger partial charge is 0.619 e. The highest BCUT2D eigenvalue weighted by Gasteiger charge is 2.12. The highest BCUT2D eigenvalue weighted by atomic mass is 19.1. The lowest BCUT2D eigenvalue weighted by Crippen LogP contribution is -2.23. The Bertz CT molecular complexity index is 739. The van der Waals surface area contributed by atoms with Crippen molar-refractivity contribution < 1.29 is 13.5 Å². The molecule has 0 aliphatic rings. The maximum Gasteiger partial charge on any atom is 0.247 e. The van der Waals surface area contributed by atoms with Gasteiger partial charge in [0.2, 0.25) is 11.8 Å². The van der Waals surface area contributed by atoms with E-state index in [-0.39, 0.29) is 11.3 Å². The van der Waals surface area contributed by atoms with E-state index in [9.17, 15) is 9.60 Å². The Hall–Kier alpha value is -2.50. The summed E-state index contributed by atoms with van der Waals surface area (Å²) in [7, 11) is 0. The summed E-state index contributed by atoms with van der Waals surface area (Å²) < 4.78 is 19.7. The second kappa shape index (κ2) is 3.76. The molecule has 6 heteroatoms. The van der Waals surface area contributed by atoms with E-state index in [4.69, 9.17) is 4.42 Å². The SMILES string of the molecule is Cc1nnc(-c2cc(F)c3c[n+]([O-])ccc3c2)o1. The van der Waals surface area contributed by atoms with Crippen LogP contribution >= 0.6 is 0 Å². The lowest BCUT2D eigenvalue weighted by Gasteiger charge is -2.02. The molecule has 1 aromatic carbocycles. The van der Waals surface area contributed by atoms with Gasteiger partial charge in [-0.2, -0.15) is 4.73 Å². The van der Waals surface area contributed by atoms with Gasteiger partial charge in [0.25, 0.3) is 0 Å². The molecule has 0 saturated heterocycles. The second-order valence-corrected chi connectivity index (χ2v) is 3.89.